The van der Waals surface area contributed by atoms with Crippen molar-refractivity contribution in [3.8, 4) is 5.75 Å². The predicted molar refractivity (Wildman–Crippen MR) is 197 cm³/mol. The molecule has 6 rings (SSSR count). The van der Waals surface area contributed by atoms with Crippen molar-refractivity contribution in [2.24, 2.45) is 23.7 Å². The van der Waals surface area contributed by atoms with Crippen LogP contribution in [0.2, 0.25) is 5.02 Å². The Labute approximate surface area is 298 Å². The number of ether oxygens (including phenoxy) is 1. The Balaban J connectivity index is 0.00000221. The van der Waals surface area contributed by atoms with E-state index in [9.17, 15) is 9.00 Å². The van der Waals surface area contributed by atoms with E-state index in [0.717, 1.165) is 68.8 Å². The molecule has 2 bridgehead atoms. The van der Waals surface area contributed by atoms with E-state index in [1.807, 2.05) is 25.1 Å². The summed E-state index contributed by atoms with van der Waals surface area (Å²) in [5, 5.41) is 10.8. The molecule has 48 heavy (non-hydrogen) atoms. The lowest BCUT2D eigenvalue weighted by Gasteiger charge is -2.45. The van der Waals surface area contributed by atoms with E-state index in [1.54, 1.807) is 6.07 Å². The minimum absolute atomic E-state index is 0.121. The number of aliphatic hydroxyl groups is 1. The number of aryl methyl sites for hydroxylation is 1. The fourth-order valence-corrected chi connectivity index (χ4v) is 8.80. The number of nitrogens with zero attached hydrogens (tertiary/aromatic N) is 2. The smallest absolute Gasteiger partial charge is 0.263 e. The molecule has 3 aliphatic heterocycles. The number of allylic oxidation sites excluding steroid dienone is 2. The molecule has 8 nitrogen and oxygen atoms in total. The van der Waals surface area contributed by atoms with Gasteiger partial charge in [0.1, 0.15) is 16.7 Å². The summed E-state index contributed by atoms with van der Waals surface area (Å²) >= 11 is 13.0. The second-order valence-corrected chi connectivity index (χ2v) is 15.9. The summed E-state index contributed by atoms with van der Waals surface area (Å²) in [6.07, 6.45) is 11.7. The minimum atomic E-state index is -1.53. The zero-order valence-electron chi connectivity index (χ0n) is 28.6. The van der Waals surface area contributed by atoms with Gasteiger partial charge in [-0.05, 0) is 91.8 Å². The van der Waals surface area contributed by atoms with Crippen LogP contribution in [0, 0.1) is 23.7 Å². The molecule has 1 fully saturated rings. The van der Waals surface area contributed by atoms with Crippen LogP contribution in [0.3, 0.4) is 0 Å². The highest BCUT2D eigenvalue weighted by Gasteiger charge is 2.42. The SMILES string of the molecule is CCCc1cc(Cl)ccc1C1COc2ccc3cc2N(C1)CC1CCC1C(C1=CNC(Cl)N1C)/C=C/CC(C)C(C)S(=O)NC3=O.CO. The quantitative estimate of drug-likeness (QED) is 0.182. The number of benzene rings is 2. The van der Waals surface area contributed by atoms with Gasteiger partial charge in [-0.3, -0.25) is 9.52 Å². The van der Waals surface area contributed by atoms with Crippen LogP contribution in [-0.4, -0.2) is 64.9 Å². The van der Waals surface area contributed by atoms with Crippen LogP contribution in [0.4, 0.5) is 5.69 Å². The highest BCUT2D eigenvalue weighted by Crippen LogP contribution is 2.47. The van der Waals surface area contributed by atoms with Gasteiger partial charge in [0.2, 0.25) is 0 Å². The van der Waals surface area contributed by atoms with Crippen molar-refractivity contribution >= 4 is 45.8 Å². The van der Waals surface area contributed by atoms with Gasteiger partial charge in [-0.2, -0.15) is 0 Å². The van der Waals surface area contributed by atoms with E-state index in [1.165, 1.54) is 16.8 Å². The number of amides is 1. The number of alkyl halides is 1. The van der Waals surface area contributed by atoms with E-state index in [0.29, 0.717) is 24.0 Å². The molecule has 8 unspecified atom stereocenters. The maximum atomic E-state index is 13.4. The number of carbonyl (C=O) groups excluding carboxylic acids is 1. The summed E-state index contributed by atoms with van der Waals surface area (Å²) in [4.78, 5) is 18.0. The van der Waals surface area contributed by atoms with Crippen molar-refractivity contribution in [3.05, 3.63) is 82.2 Å². The van der Waals surface area contributed by atoms with E-state index >= 15 is 0 Å². The van der Waals surface area contributed by atoms with E-state index < -0.39 is 11.0 Å². The molecule has 4 aliphatic rings. The third kappa shape index (κ3) is 7.85. The Morgan fingerprint density at radius 3 is 2.58 bits per heavy atom. The molecule has 3 heterocycles. The summed E-state index contributed by atoms with van der Waals surface area (Å²) in [6, 6.07) is 11.9. The number of hydrogen-bond donors (Lipinski definition) is 3. The van der Waals surface area contributed by atoms with Gasteiger partial charge in [0.05, 0.1) is 17.5 Å². The lowest BCUT2D eigenvalue weighted by Crippen LogP contribution is -2.44. The van der Waals surface area contributed by atoms with Crippen molar-refractivity contribution < 1.29 is 18.8 Å². The molecule has 3 N–H and O–H groups in total. The normalized spacial score (nSPS) is 31.0. The van der Waals surface area contributed by atoms with Gasteiger partial charge in [0.15, 0.2) is 5.62 Å². The second-order valence-electron chi connectivity index (χ2n) is 13.5. The number of halogens is 2. The molecule has 8 atom stereocenters. The predicted octanol–water partition coefficient (Wildman–Crippen LogP) is 6.80. The molecule has 262 valence electrons. The zero-order valence-corrected chi connectivity index (χ0v) is 31.0. The average Bonchev–Trinajstić information content (AvgIpc) is 3.29. The Kier molecular flexibility index (Phi) is 12.4. The summed E-state index contributed by atoms with van der Waals surface area (Å²) in [5.41, 5.74) is 4.88. The lowest BCUT2D eigenvalue weighted by molar-refractivity contribution is 0.0982. The van der Waals surface area contributed by atoms with Gasteiger partial charge in [-0.1, -0.05) is 61.7 Å². The van der Waals surface area contributed by atoms with Crippen LogP contribution in [0.1, 0.15) is 73.9 Å². The first kappa shape index (κ1) is 36.6. The van der Waals surface area contributed by atoms with Crippen LogP contribution in [0.25, 0.3) is 0 Å². The van der Waals surface area contributed by atoms with Crippen LogP contribution >= 0.6 is 23.2 Å². The number of hydrogen-bond acceptors (Lipinski definition) is 7. The Morgan fingerprint density at radius 2 is 1.90 bits per heavy atom. The maximum Gasteiger partial charge on any atom is 0.263 e. The first-order valence-electron chi connectivity index (χ1n) is 17.1. The molecular weight excluding hydrogens is 667 g/mol. The Morgan fingerprint density at radius 1 is 1.10 bits per heavy atom. The molecule has 1 aliphatic carbocycles. The molecule has 2 aromatic rings. The number of anilines is 1. The third-order valence-corrected chi connectivity index (χ3v) is 12.7. The lowest BCUT2D eigenvalue weighted by atomic mass is 9.65. The highest BCUT2D eigenvalue weighted by atomic mass is 35.5. The molecular formula is C37H50Cl2N4O4S. The molecule has 2 aromatic carbocycles. The van der Waals surface area contributed by atoms with Crippen LogP contribution in [0.5, 0.6) is 5.75 Å². The fourth-order valence-electron chi connectivity index (χ4n) is 7.41. The first-order chi connectivity index (χ1) is 23.1. The average molecular weight is 718 g/mol. The van der Waals surface area contributed by atoms with Crippen molar-refractivity contribution in [2.75, 3.05) is 38.8 Å². The van der Waals surface area contributed by atoms with E-state index in [-0.39, 0.29) is 34.5 Å². The van der Waals surface area contributed by atoms with Gasteiger partial charge in [0, 0.05) is 61.6 Å². The molecule has 0 aromatic heterocycles. The van der Waals surface area contributed by atoms with Gasteiger partial charge in [-0.15, -0.1) is 0 Å². The van der Waals surface area contributed by atoms with E-state index in [2.05, 4.69) is 71.2 Å². The van der Waals surface area contributed by atoms with E-state index in [4.69, 9.17) is 33.0 Å². The van der Waals surface area contributed by atoms with Crippen molar-refractivity contribution in [2.45, 2.75) is 69.7 Å². The number of rotatable bonds is 4. The summed E-state index contributed by atoms with van der Waals surface area (Å²) in [6.45, 7) is 8.38. The minimum Gasteiger partial charge on any atom is -0.491 e. The number of carbonyl (C=O) groups is 1. The monoisotopic (exact) mass is 716 g/mol. The standard InChI is InChI=1S/C36H46Cl2N4O3S.CH4O/c1-5-7-24-16-28(37)12-14-29(24)27-20-42-19-26-10-13-30(26)31(33-18-39-36(38)41(33)4)9-6-8-22(2)23(3)46(44)40-35(43)25-11-15-34(45-21-27)32(42)17-25;1-2/h6,9,11-12,14-18,22-23,26-27,30-31,36,39H,5,7-8,10,13,19-21H2,1-4H3,(H,40,43);2H,1H3/b9-6+;. The Hall–Kier alpha value is -2.72. The van der Waals surface area contributed by atoms with Crippen molar-refractivity contribution in [1.82, 2.24) is 14.9 Å². The van der Waals surface area contributed by atoms with Crippen LogP contribution in [-0.2, 0) is 17.4 Å². The van der Waals surface area contributed by atoms with Crippen LogP contribution < -0.4 is 19.7 Å². The molecule has 0 saturated heterocycles. The maximum absolute atomic E-state index is 13.4. The fraction of sp³-hybridized carbons (Fsp3) is 0.541. The topological polar surface area (TPSA) is 94.1 Å². The summed E-state index contributed by atoms with van der Waals surface area (Å²) < 4.78 is 22.6. The molecule has 0 spiro atoms. The highest BCUT2D eigenvalue weighted by molar-refractivity contribution is 7.84. The number of fused-ring (bicyclic) bond motifs is 2. The molecule has 0 radical (unpaired) electrons. The summed E-state index contributed by atoms with van der Waals surface area (Å²) in [5.74, 6) is 1.78. The number of nitrogens with one attached hydrogen (secondary N) is 2. The van der Waals surface area contributed by atoms with Crippen molar-refractivity contribution in [1.29, 1.82) is 0 Å². The van der Waals surface area contributed by atoms with Gasteiger partial charge < -0.3 is 25.0 Å². The zero-order chi connectivity index (χ0) is 34.5. The molecule has 1 amide bonds. The van der Waals surface area contributed by atoms with Gasteiger partial charge >= 0.3 is 0 Å². The first-order valence-corrected chi connectivity index (χ1v) is 19.1. The largest absolute Gasteiger partial charge is 0.491 e. The number of aliphatic hydroxyl groups excluding tert-OH is 1. The second kappa shape index (κ2) is 16.3. The van der Waals surface area contributed by atoms with Gasteiger partial charge in [0.25, 0.3) is 5.91 Å². The Bertz CT molecular complexity index is 1540. The van der Waals surface area contributed by atoms with Crippen LogP contribution in [0.15, 0.2) is 60.4 Å². The molecule has 11 heteroatoms. The van der Waals surface area contributed by atoms with Gasteiger partial charge in [-0.25, -0.2) is 4.21 Å². The third-order valence-electron chi connectivity index (χ3n) is 10.5. The van der Waals surface area contributed by atoms with Crippen molar-refractivity contribution in [3.63, 3.8) is 0 Å². The summed E-state index contributed by atoms with van der Waals surface area (Å²) in [7, 11) is 1.52. The molecule has 1 saturated carbocycles.